The number of aromatic nitrogens is 4. The van der Waals surface area contributed by atoms with E-state index < -0.39 is 12.0 Å². The number of methoxy groups -OCH3 is 1. The molecule has 0 saturated carbocycles. The summed E-state index contributed by atoms with van der Waals surface area (Å²) in [7, 11) is 1.57. The van der Waals surface area contributed by atoms with Crippen LogP contribution >= 0.6 is 0 Å². The fourth-order valence-electron chi connectivity index (χ4n) is 4.45. The number of carboxylic acid groups (broad SMARTS) is 1. The van der Waals surface area contributed by atoms with Gasteiger partial charge in [-0.15, -0.1) is 0 Å². The van der Waals surface area contributed by atoms with Gasteiger partial charge in [0.15, 0.2) is 0 Å². The van der Waals surface area contributed by atoms with E-state index in [9.17, 15) is 9.90 Å². The van der Waals surface area contributed by atoms with E-state index in [1.54, 1.807) is 25.7 Å². The Morgan fingerprint density at radius 2 is 2.03 bits per heavy atom. The van der Waals surface area contributed by atoms with Crippen LogP contribution in [0.2, 0.25) is 0 Å². The summed E-state index contributed by atoms with van der Waals surface area (Å²) in [6.45, 7) is 0. The third-order valence-corrected chi connectivity index (χ3v) is 6.12. The number of ether oxygens (including phenoxy) is 1. The predicted molar refractivity (Wildman–Crippen MR) is 121 cm³/mol. The van der Waals surface area contributed by atoms with Crippen molar-refractivity contribution in [1.82, 2.24) is 19.7 Å². The lowest BCUT2D eigenvalue weighted by Crippen LogP contribution is -2.19. The number of aryl methyl sites for hydroxylation is 4. The number of aliphatic carboxylic acids is 1. The van der Waals surface area contributed by atoms with Crippen LogP contribution in [0.4, 0.5) is 0 Å². The Morgan fingerprint density at radius 1 is 1.16 bits per heavy atom. The van der Waals surface area contributed by atoms with Crippen LogP contribution in [0.25, 0.3) is 0 Å². The first kappa shape index (κ1) is 22.0. The molecule has 0 aromatic carbocycles. The highest BCUT2D eigenvalue weighted by molar-refractivity contribution is 5.68. The maximum Gasteiger partial charge on any atom is 0.305 e. The van der Waals surface area contributed by atoms with Gasteiger partial charge in [0.1, 0.15) is 5.75 Å². The highest BCUT2D eigenvalue weighted by Gasteiger charge is 2.22. The number of carboxylic acids is 1. The number of nitrogens with zero attached hydrogens (tertiary/aromatic N) is 4. The first-order valence-corrected chi connectivity index (χ1v) is 11.3. The summed E-state index contributed by atoms with van der Waals surface area (Å²) in [6, 6.07) is 7.77. The quantitative estimate of drug-likeness (QED) is 0.508. The molecule has 168 valence electrons. The highest BCUT2D eigenvalue weighted by atomic mass is 16.5. The zero-order chi connectivity index (χ0) is 22.3. The number of hydrogen-bond acceptors (Lipinski definition) is 5. The molecule has 3 aromatic rings. The summed E-state index contributed by atoms with van der Waals surface area (Å²) in [5.41, 5.74) is 5.60. The zero-order valence-electron chi connectivity index (χ0n) is 18.5. The van der Waals surface area contributed by atoms with Crippen molar-refractivity contribution in [3.05, 3.63) is 71.1 Å². The van der Waals surface area contributed by atoms with Gasteiger partial charge in [0.05, 0.1) is 25.8 Å². The van der Waals surface area contributed by atoms with Crippen LogP contribution in [0, 0.1) is 0 Å². The van der Waals surface area contributed by atoms with Crippen LogP contribution in [0.3, 0.4) is 0 Å². The molecule has 1 aliphatic rings. The third-order valence-electron chi connectivity index (χ3n) is 6.12. The van der Waals surface area contributed by atoms with Crippen molar-refractivity contribution in [2.24, 2.45) is 0 Å². The van der Waals surface area contributed by atoms with E-state index in [0.29, 0.717) is 5.75 Å². The average molecular weight is 435 g/mol. The van der Waals surface area contributed by atoms with E-state index in [0.717, 1.165) is 49.1 Å². The molecule has 0 radical (unpaired) electrons. The fourth-order valence-corrected chi connectivity index (χ4v) is 4.45. The van der Waals surface area contributed by atoms with Gasteiger partial charge in [0.2, 0.25) is 0 Å². The van der Waals surface area contributed by atoms with Crippen LogP contribution in [0.15, 0.2) is 42.9 Å². The van der Waals surface area contributed by atoms with E-state index >= 15 is 0 Å². The Kier molecular flexibility index (Phi) is 7.14. The summed E-state index contributed by atoms with van der Waals surface area (Å²) in [4.78, 5) is 20.7. The molecule has 1 N–H and O–H groups in total. The van der Waals surface area contributed by atoms with Crippen molar-refractivity contribution in [2.45, 2.75) is 63.8 Å². The topological polar surface area (TPSA) is 90.1 Å². The van der Waals surface area contributed by atoms with Crippen LogP contribution < -0.4 is 4.74 Å². The average Bonchev–Trinajstić information content (AvgIpc) is 3.13. The molecule has 1 atom stereocenters. The molecule has 0 aliphatic heterocycles. The number of hydrogen-bond donors (Lipinski definition) is 1. The van der Waals surface area contributed by atoms with Crippen LogP contribution in [0.5, 0.6) is 5.75 Å². The maximum atomic E-state index is 11.6. The molecule has 0 bridgehead atoms. The van der Waals surface area contributed by atoms with E-state index in [1.807, 2.05) is 16.8 Å². The molecule has 0 spiro atoms. The van der Waals surface area contributed by atoms with Crippen molar-refractivity contribution >= 4 is 5.97 Å². The molecule has 7 heteroatoms. The van der Waals surface area contributed by atoms with Gasteiger partial charge in [-0.05, 0) is 74.3 Å². The number of carbonyl (C=O) groups is 1. The Hall–Kier alpha value is -3.22. The lowest BCUT2D eigenvalue weighted by molar-refractivity contribution is -0.137. The van der Waals surface area contributed by atoms with Crippen molar-refractivity contribution in [3.8, 4) is 5.75 Å². The minimum Gasteiger partial charge on any atom is -0.495 e. The second-order valence-electron chi connectivity index (χ2n) is 8.36. The Bertz CT molecular complexity index is 1060. The van der Waals surface area contributed by atoms with Gasteiger partial charge in [-0.25, -0.2) is 0 Å². The molecule has 32 heavy (non-hydrogen) atoms. The van der Waals surface area contributed by atoms with Crippen molar-refractivity contribution in [1.29, 1.82) is 0 Å². The summed E-state index contributed by atoms with van der Waals surface area (Å²) in [5.74, 6) is -0.283. The summed E-state index contributed by atoms with van der Waals surface area (Å²) in [6.07, 6.45) is 13.6. The monoisotopic (exact) mass is 434 g/mol. The molecule has 3 heterocycles. The number of pyridine rings is 2. The van der Waals surface area contributed by atoms with E-state index in [1.165, 1.54) is 30.5 Å². The Morgan fingerprint density at radius 3 is 2.88 bits per heavy atom. The highest BCUT2D eigenvalue weighted by Crippen LogP contribution is 2.26. The van der Waals surface area contributed by atoms with E-state index in [-0.39, 0.29) is 6.42 Å². The van der Waals surface area contributed by atoms with Crippen LogP contribution in [-0.2, 0) is 30.5 Å². The lowest BCUT2D eigenvalue weighted by atomic mass is 10.0. The normalized spacial score (nSPS) is 14.4. The summed E-state index contributed by atoms with van der Waals surface area (Å²) >= 11 is 0. The molecular formula is C25H30N4O3. The smallest absolute Gasteiger partial charge is 0.305 e. The maximum absolute atomic E-state index is 11.6. The molecule has 0 fully saturated rings. The van der Waals surface area contributed by atoms with Gasteiger partial charge >= 0.3 is 5.97 Å². The van der Waals surface area contributed by atoms with Crippen LogP contribution in [0.1, 0.15) is 66.4 Å². The molecule has 1 aliphatic carbocycles. The predicted octanol–water partition coefficient (Wildman–Crippen LogP) is 4.19. The molecule has 0 amide bonds. The molecule has 3 aromatic heterocycles. The van der Waals surface area contributed by atoms with Gasteiger partial charge in [0, 0.05) is 29.5 Å². The number of rotatable bonds is 9. The van der Waals surface area contributed by atoms with Gasteiger partial charge in [0.25, 0.3) is 0 Å². The molecule has 4 rings (SSSR count). The standard InChI is InChI=1S/C25H30N4O3/c1-32-22-14-19(16-26-17-22)24(15-25(30)31)29-21(12-13-27-29)8-5-7-20-11-10-18-6-3-2-4-9-23(18)28-20/h10-14,16-17,24H,2-9,15H2,1H3,(H,30,31). The molecule has 1 unspecified atom stereocenters. The second-order valence-corrected chi connectivity index (χ2v) is 8.36. The summed E-state index contributed by atoms with van der Waals surface area (Å²) < 4.78 is 7.09. The van der Waals surface area contributed by atoms with Crippen molar-refractivity contribution in [2.75, 3.05) is 7.11 Å². The van der Waals surface area contributed by atoms with Crippen molar-refractivity contribution in [3.63, 3.8) is 0 Å². The first-order valence-electron chi connectivity index (χ1n) is 11.3. The van der Waals surface area contributed by atoms with E-state index in [4.69, 9.17) is 9.72 Å². The molecule has 0 saturated heterocycles. The third kappa shape index (κ3) is 5.33. The second kappa shape index (κ2) is 10.4. The largest absolute Gasteiger partial charge is 0.495 e. The lowest BCUT2D eigenvalue weighted by Gasteiger charge is -2.19. The molecule has 7 nitrogen and oxygen atoms in total. The van der Waals surface area contributed by atoms with Gasteiger partial charge in [-0.2, -0.15) is 5.10 Å². The van der Waals surface area contributed by atoms with E-state index in [2.05, 4.69) is 22.2 Å². The van der Waals surface area contributed by atoms with Gasteiger partial charge < -0.3 is 9.84 Å². The Balaban J connectivity index is 1.47. The zero-order valence-corrected chi connectivity index (χ0v) is 18.5. The first-order chi connectivity index (χ1) is 15.6. The van der Waals surface area contributed by atoms with Crippen molar-refractivity contribution < 1.29 is 14.6 Å². The summed E-state index contributed by atoms with van der Waals surface area (Å²) in [5, 5.41) is 14.0. The Labute approximate surface area is 188 Å². The van der Waals surface area contributed by atoms with Crippen LogP contribution in [-0.4, -0.2) is 37.9 Å². The van der Waals surface area contributed by atoms with Gasteiger partial charge in [-0.1, -0.05) is 12.5 Å². The number of fused-ring (bicyclic) bond motifs is 1. The van der Waals surface area contributed by atoms with Gasteiger partial charge in [-0.3, -0.25) is 19.4 Å². The minimum atomic E-state index is -0.881. The SMILES string of the molecule is COc1cncc(C(CC(=O)O)n2nccc2CCCc2ccc3c(n2)CCCCC3)c1. The molecular weight excluding hydrogens is 404 g/mol. The minimum absolute atomic E-state index is 0.0735. The fraction of sp³-hybridized carbons (Fsp3) is 0.440.